The van der Waals surface area contributed by atoms with Gasteiger partial charge in [0, 0.05) is 13.1 Å². The van der Waals surface area contributed by atoms with Crippen LogP contribution in [0.15, 0.2) is 18.2 Å². The van der Waals surface area contributed by atoms with E-state index in [0.29, 0.717) is 13.0 Å². The summed E-state index contributed by atoms with van der Waals surface area (Å²) in [5.41, 5.74) is -1.32. The van der Waals surface area contributed by atoms with Crippen molar-refractivity contribution < 1.29 is 27.8 Å². The number of aliphatic hydroxyl groups is 1. The average molecular weight is 334 g/mol. The van der Waals surface area contributed by atoms with Gasteiger partial charge in [0.2, 0.25) is 0 Å². The van der Waals surface area contributed by atoms with Crippen LogP contribution in [0.2, 0.25) is 0 Å². The number of urea groups is 1. The number of nitrogens with one attached hydrogen (secondary N) is 1. The van der Waals surface area contributed by atoms with Gasteiger partial charge in [0.15, 0.2) is 0 Å². The van der Waals surface area contributed by atoms with Gasteiger partial charge in [-0.25, -0.2) is 4.79 Å². The second-order valence-electron chi connectivity index (χ2n) is 4.78. The number of aliphatic hydroxyl groups excluding tert-OH is 1. The van der Waals surface area contributed by atoms with Crippen LogP contribution in [0.1, 0.15) is 25.8 Å². The SMILES string of the molecule is CCCN(CCO)C(=O)Nc1ccc(OCC)cc1C(F)(F)F. The fourth-order valence-corrected chi connectivity index (χ4v) is 2.02. The van der Waals surface area contributed by atoms with Gasteiger partial charge in [0.25, 0.3) is 0 Å². The van der Waals surface area contributed by atoms with Gasteiger partial charge in [-0.1, -0.05) is 6.92 Å². The lowest BCUT2D eigenvalue weighted by molar-refractivity contribution is -0.137. The van der Waals surface area contributed by atoms with E-state index in [4.69, 9.17) is 9.84 Å². The normalized spacial score (nSPS) is 11.2. The van der Waals surface area contributed by atoms with Crippen molar-refractivity contribution in [1.82, 2.24) is 4.90 Å². The van der Waals surface area contributed by atoms with E-state index in [-0.39, 0.29) is 31.2 Å². The molecule has 1 aromatic rings. The Labute approximate surface area is 133 Å². The van der Waals surface area contributed by atoms with Gasteiger partial charge in [0.1, 0.15) is 5.75 Å². The summed E-state index contributed by atoms with van der Waals surface area (Å²) in [7, 11) is 0. The van der Waals surface area contributed by atoms with Crippen LogP contribution in [-0.4, -0.2) is 42.3 Å². The first-order chi connectivity index (χ1) is 10.8. The Hall–Kier alpha value is -1.96. The Bertz CT molecular complexity index is 515. The lowest BCUT2D eigenvalue weighted by Gasteiger charge is -2.23. The van der Waals surface area contributed by atoms with Crippen LogP contribution < -0.4 is 10.1 Å². The molecule has 2 amide bonds. The Balaban J connectivity index is 3.04. The molecule has 2 N–H and O–H groups in total. The molecule has 0 bridgehead atoms. The fraction of sp³-hybridized carbons (Fsp3) is 0.533. The average Bonchev–Trinajstić information content (AvgIpc) is 2.47. The number of ether oxygens (including phenoxy) is 1. The van der Waals surface area contributed by atoms with Crippen LogP contribution in [0.4, 0.5) is 23.7 Å². The van der Waals surface area contributed by atoms with Gasteiger partial charge in [-0.05, 0) is 31.5 Å². The molecule has 0 heterocycles. The summed E-state index contributed by atoms with van der Waals surface area (Å²) in [5.74, 6) is 0.0820. The summed E-state index contributed by atoms with van der Waals surface area (Å²) in [6, 6.07) is 2.70. The van der Waals surface area contributed by atoms with Crippen LogP contribution in [-0.2, 0) is 6.18 Å². The molecule has 5 nitrogen and oxygen atoms in total. The van der Waals surface area contributed by atoms with Crippen molar-refractivity contribution in [2.45, 2.75) is 26.4 Å². The minimum Gasteiger partial charge on any atom is -0.494 e. The fourth-order valence-electron chi connectivity index (χ4n) is 2.02. The van der Waals surface area contributed by atoms with E-state index in [2.05, 4.69) is 5.32 Å². The van der Waals surface area contributed by atoms with Crippen molar-refractivity contribution >= 4 is 11.7 Å². The minimum atomic E-state index is -4.62. The standard InChI is InChI=1S/C15H21F3N2O3/c1-3-7-20(8-9-21)14(22)19-13-6-5-11(23-4-2)10-12(13)15(16,17)18/h5-6,10,21H,3-4,7-9H2,1-2H3,(H,19,22). The van der Waals surface area contributed by atoms with Gasteiger partial charge in [-0.3, -0.25) is 0 Å². The molecule has 0 saturated carbocycles. The molecule has 0 radical (unpaired) electrons. The predicted molar refractivity (Wildman–Crippen MR) is 80.6 cm³/mol. The minimum absolute atomic E-state index is 0.0536. The third kappa shape index (κ3) is 5.63. The zero-order valence-corrected chi connectivity index (χ0v) is 13.1. The van der Waals surface area contributed by atoms with Crippen molar-refractivity contribution in [3.63, 3.8) is 0 Å². The third-order valence-electron chi connectivity index (χ3n) is 3.00. The second kappa shape index (κ2) is 8.61. The molecule has 0 aliphatic carbocycles. The van der Waals surface area contributed by atoms with Gasteiger partial charge in [0.05, 0.1) is 24.5 Å². The molecule has 130 valence electrons. The number of anilines is 1. The first-order valence-electron chi connectivity index (χ1n) is 7.34. The zero-order valence-electron chi connectivity index (χ0n) is 13.1. The Kier molecular flexibility index (Phi) is 7.15. The highest BCUT2D eigenvalue weighted by molar-refractivity contribution is 5.90. The van der Waals surface area contributed by atoms with Crippen molar-refractivity contribution in [3.8, 4) is 5.75 Å². The molecular weight excluding hydrogens is 313 g/mol. The maximum absolute atomic E-state index is 13.2. The lowest BCUT2D eigenvalue weighted by Crippen LogP contribution is -2.38. The number of nitrogens with zero attached hydrogens (tertiary/aromatic N) is 1. The van der Waals surface area contributed by atoms with Crippen LogP contribution >= 0.6 is 0 Å². The summed E-state index contributed by atoms with van der Waals surface area (Å²) in [6.07, 6.45) is -3.99. The number of hydrogen-bond acceptors (Lipinski definition) is 3. The van der Waals surface area contributed by atoms with E-state index in [1.807, 2.05) is 6.92 Å². The van der Waals surface area contributed by atoms with Gasteiger partial charge >= 0.3 is 12.2 Å². The van der Waals surface area contributed by atoms with Crippen molar-refractivity contribution in [1.29, 1.82) is 0 Å². The summed E-state index contributed by atoms with van der Waals surface area (Å²) < 4.78 is 44.5. The monoisotopic (exact) mass is 334 g/mol. The molecule has 0 aromatic heterocycles. The van der Waals surface area contributed by atoms with E-state index < -0.39 is 17.8 Å². The number of amides is 2. The highest BCUT2D eigenvalue weighted by Crippen LogP contribution is 2.37. The summed E-state index contributed by atoms with van der Waals surface area (Å²) in [5, 5.41) is 11.2. The molecule has 1 rings (SSSR count). The van der Waals surface area contributed by atoms with E-state index in [0.717, 1.165) is 12.1 Å². The van der Waals surface area contributed by atoms with Crippen LogP contribution in [0.3, 0.4) is 0 Å². The van der Waals surface area contributed by atoms with Crippen LogP contribution in [0.5, 0.6) is 5.75 Å². The van der Waals surface area contributed by atoms with Crippen molar-refractivity contribution in [2.24, 2.45) is 0 Å². The number of benzene rings is 1. The summed E-state index contributed by atoms with van der Waals surface area (Å²) >= 11 is 0. The number of carbonyl (C=O) groups excluding carboxylic acids is 1. The number of alkyl halides is 3. The smallest absolute Gasteiger partial charge is 0.418 e. The lowest BCUT2D eigenvalue weighted by atomic mass is 10.1. The number of halogens is 3. The second-order valence-corrected chi connectivity index (χ2v) is 4.78. The third-order valence-corrected chi connectivity index (χ3v) is 3.00. The summed E-state index contributed by atoms with van der Waals surface area (Å²) in [4.78, 5) is 13.3. The molecule has 0 aliphatic rings. The maximum Gasteiger partial charge on any atom is 0.418 e. The Morgan fingerprint density at radius 2 is 2.00 bits per heavy atom. The highest BCUT2D eigenvalue weighted by atomic mass is 19.4. The maximum atomic E-state index is 13.2. The molecule has 0 aliphatic heterocycles. The van der Waals surface area contributed by atoms with E-state index in [1.54, 1.807) is 6.92 Å². The first kappa shape index (κ1) is 19.1. The number of hydrogen-bond donors (Lipinski definition) is 2. The Morgan fingerprint density at radius 1 is 1.30 bits per heavy atom. The molecular formula is C15H21F3N2O3. The van der Waals surface area contributed by atoms with Crippen LogP contribution in [0, 0.1) is 0 Å². The molecule has 0 spiro atoms. The van der Waals surface area contributed by atoms with E-state index in [1.165, 1.54) is 11.0 Å². The predicted octanol–water partition coefficient (Wildman–Crippen LogP) is 3.34. The van der Waals surface area contributed by atoms with Crippen molar-refractivity contribution in [2.75, 3.05) is 31.6 Å². The zero-order chi connectivity index (χ0) is 17.5. The number of carbonyl (C=O) groups is 1. The van der Waals surface area contributed by atoms with E-state index in [9.17, 15) is 18.0 Å². The summed E-state index contributed by atoms with van der Waals surface area (Å²) in [6.45, 7) is 3.87. The van der Waals surface area contributed by atoms with Gasteiger partial charge in [-0.2, -0.15) is 13.2 Å². The highest BCUT2D eigenvalue weighted by Gasteiger charge is 2.34. The Morgan fingerprint density at radius 3 is 2.52 bits per heavy atom. The largest absolute Gasteiger partial charge is 0.494 e. The molecule has 23 heavy (non-hydrogen) atoms. The van der Waals surface area contributed by atoms with Gasteiger partial charge < -0.3 is 20.1 Å². The van der Waals surface area contributed by atoms with Crippen LogP contribution in [0.25, 0.3) is 0 Å². The molecule has 0 fully saturated rings. The number of rotatable bonds is 7. The molecule has 1 aromatic carbocycles. The van der Waals surface area contributed by atoms with Gasteiger partial charge in [-0.15, -0.1) is 0 Å². The quantitative estimate of drug-likeness (QED) is 0.804. The molecule has 0 saturated heterocycles. The topological polar surface area (TPSA) is 61.8 Å². The first-order valence-corrected chi connectivity index (χ1v) is 7.34. The van der Waals surface area contributed by atoms with Crippen molar-refractivity contribution in [3.05, 3.63) is 23.8 Å². The molecule has 0 unspecified atom stereocenters. The molecule has 0 atom stereocenters. The molecule has 8 heteroatoms. The van der Waals surface area contributed by atoms with E-state index >= 15 is 0 Å².